The Labute approximate surface area is 112 Å². The topological polar surface area (TPSA) is 72.5 Å². The quantitative estimate of drug-likeness (QED) is 0.889. The van der Waals surface area contributed by atoms with Gasteiger partial charge in [-0.2, -0.15) is 0 Å². The van der Waals surface area contributed by atoms with Crippen molar-refractivity contribution in [3.8, 4) is 5.75 Å². The Morgan fingerprint density at radius 1 is 1.42 bits per heavy atom. The number of ether oxygens (including phenoxy) is 1. The van der Waals surface area contributed by atoms with E-state index in [9.17, 15) is 13.2 Å². The minimum atomic E-state index is -2.90. The van der Waals surface area contributed by atoms with Gasteiger partial charge in [-0.05, 0) is 24.5 Å². The second-order valence-electron chi connectivity index (χ2n) is 4.68. The lowest BCUT2D eigenvalue weighted by Gasteiger charge is -2.11. The first-order valence-corrected chi connectivity index (χ1v) is 7.95. The first kappa shape index (κ1) is 13.9. The van der Waals surface area contributed by atoms with E-state index in [1.165, 1.54) is 7.11 Å². The minimum absolute atomic E-state index is 0.0173. The van der Waals surface area contributed by atoms with E-state index in [0.717, 1.165) is 0 Å². The summed E-state index contributed by atoms with van der Waals surface area (Å²) in [7, 11) is -1.39. The molecule has 0 spiro atoms. The molecule has 104 valence electrons. The lowest BCUT2D eigenvalue weighted by atomic mass is 10.1. The Hall–Kier alpha value is -1.56. The molecule has 1 saturated heterocycles. The average Bonchev–Trinajstić information content (AvgIpc) is 2.75. The van der Waals surface area contributed by atoms with Crippen LogP contribution in [0.3, 0.4) is 0 Å². The summed E-state index contributed by atoms with van der Waals surface area (Å²) in [6.45, 7) is 0.385. The van der Waals surface area contributed by atoms with Crippen molar-refractivity contribution in [1.82, 2.24) is 5.32 Å². The molecular weight excluding hydrogens is 266 g/mol. The molecule has 0 bridgehead atoms. The highest BCUT2D eigenvalue weighted by atomic mass is 32.2. The van der Waals surface area contributed by atoms with Crippen molar-refractivity contribution in [2.75, 3.05) is 25.2 Å². The molecule has 0 aliphatic carbocycles. The first-order valence-electron chi connectivity index (χ1n) is 6.13. The van der Waals surface area contributed by atoms with Gasteiger partial charge in [0, 0.05) is 6.54 Å². The van der Waals surface area contributed by atoms with Crippen LogP contribution < -0.4 is 10.1 Å². The summed E-state index contributed by atoms with van der Waals surface area (Å²) in [5.41, 5.74) is 0.464. The SMILES string of the molecule is COc1ccccc1C(=O)NC[C@H]1CCS(=O)(=O)C1. The summed E-state index contributed by atoms with van der Waals surface area (Å²) in [6.07, 6.45) is 0.620. The predicted octanol–water partition coefficient (Wildman–Crippen LogP) is 0.860. The van der Waals surface area contributed by atoms with E-state index < -0.39 is 9.84 Å². The largest absolute Gasteiger partial charge is 0.496 e. The molecule has 5 nitrogen and oxygen atoms in total. The van der Waals surface area contributed by atoms with Crippen molar-refractivity contribution in [1.29, 1.82) is 0 Å². The third-order valence-electron chi connectivity index (χ3n) is 3.23. The van der Waals surface area contributed by atoms with Crippen molar-refractivity contribution in [3.63, 3.8) is 0 Å². The molecule has 1 amide bonds. The molecule has 1 heterocycles. The van der Waals surface area contributed by atoms with Crippen LogP contribution in [0.1, 0.15) is 16.8 Å². The van der Waals surface area contributed by atoms with Gasteiger partial charge in [0.05, 0.1) is 24.2 Å². The summed E-state index contributed by atoms with van der Waals surface area (Å²) >= 11 is 0. The zero-order valence-corrected chi connectivity index (χ0v) is 11.6. The van der Waals surface area contributed by atoms with Gasteiger partial charge in [0.1, 0.15) is 5.75 Å². The lowest BCUT2D eigenvalue weighted by Crippen LogP contribution is -2.30. The molecule has 1 aliphatic heterocycles. The fourth-order valence-corrected chi connectivity index (χ4v) is 4.06. The molecule has 1 aromatic carbocycles. The van der Waals surface area contributed by atoms with Crippen LogP contribution in [0.4, 0.5) is 0 Å². The number of methoxy groups -OCH3 is 1. The van der Waals surface area contributed by atoms with Crippen LogP contribution in [0.5, 0.6) is 5.75 Å². The highest BCUT2D eigenvalue weighted by molar-refractivity contribution is 7.91. The molecule has 0 aromatic heterocycles. The molecule has 0 radical (unpaired) electrons. The summed E-state index contributed by atoms with van der Waals surface area (Å²) in [4.78, 5) is 12.0. The molecule has 1 aromatic rings. The van der Waals surface area contributed by atoms with E-state index in [4.69, 9.17) is 4.74 Å². The summed E-state index contributed by atoms with van der Waals surface area (Å²) < 4.78 is 27.8. The highest BCUT2D eigenvalue weighted by Gasteiger charge is 2.28. The summed E-state index contributed by atoms with van der Waals surface area (Å²) in [6, 6.07) is 6.95. The van der Waals surface area contributed by atoms with Gasteiger partial charge in [-0.25, -0.2) is 8.42 Å². The predicted molar refractivity (Wildman–Crippen MR) is 72.1 cm³/mol. The maximum absolute atomic E-state index is 12.0. The number of rotatable bonds is 4. The zero-order valence-electron chi connectivity index (χ0n) is 10.8. The minimum Gasteiger partial charge on any atom is -0.496 e. The average molecular weight is 283 g/mol. The maximum Gasteiger partial charge on any atom is 0.255 e. The molecule has 1 fully saturated rings. The van der Waals surface area contributed by atoms with E-state index >= 15 is 0 Å². The van der Waals surface area contributed by atoms with Gasteiger partial charge in [-0.1, -0.05) is 12.1 Å². The van der Waals surface area contributed by atoms with Gasteiger partial charge in [0.25, 0.3) is 5.91 Å². The van der Waals surface area contributed by atoms with Crippen LogP contribution in [-0.4, -0.2) is 39.5 Å². The van der Waals surface area contributed by atoms with E-state index in [1.807, 2.05) is 0 Å². The first-order chi connectivity index (χ1) is 9.02. The number of nitrogens with one attached hydrogen (secondary N) is 1. The van der Waals surface area contributed by atoms with Crippen LogP contribution >= 0.6 is 0 Å². The van der Waals surface area contributed by atoms with Crippen molar-refractivity contribution < 1.29 is 17.9 Å². The van der Waals surface area contributed by atoms with Crippen molar-refractivity contribution in [2.45, 2.75) is 6.42 Å². The van der Waals surface area contributed by atoms with Crippen LogP contribution in [0.15, 0.2) is 24.3 Å². The number of para-hydroxylation sites is 1. The Morgan fingerprint density at radius 2 is 2.16 bits per heavy atom. The Bertz CT molecular complexity index is 568. The second-order valence-corrected chi connectivity index (χ2v) is 6.91. The third-order valence-corrected chi connectivity index (χ3v) is 5.07. The number of hydrogen-bond acceptors (Lipinski definition) is 4. The molecule has 1 atom stereocenters. The number of benzene rings is 1. The normalized spacial score (nSPS) is 21.0. The molecule has 0 unspecified atom stereocenters. The fourth-order valence-electron chi connectivity index (χ4n) is 2.20. The molecule has 6 heteroatoms. The van der Waals surface area contributed by atoms with E-state index in [0.29, 0.717) is 24.3 Å². The molecule has 0 saturated carbocycles. The number of carbonyl (C=O) groups is 1. The number of hydrogen-bond donors (Lipinski definition) is 1. The van der Waals surface area contributed by atoms with Crippen LogP contribution in [0.2, 0.25) is 0 Å². The smallest absolute Gasteiger partial charge is 0.255 e. The Balaban J connectivity index is 1.95. The molecule has 1 aliphatic rings. The number of sulfone groups is 1. The lowest BCUT2D eigenvalue weighted by molar-refractivity contribution is 0.0945. The standard InChI is InChI=1S/C13H17NO4S/c1-18-12-5-3-2-4-11(12)13(15)14-8-10-6-7-19(16,17)9-10/h2-5,10H,6-9H2,1H3,(H,14,15)/t10-/m1/s1. The van der Waals surface area contributed by atoms with Crippen molar-refractivity contribution in [3.05, 3.63) is 29.8 Å². The van der Waals surface area contributed by atoms with E-state index in [1.54, 1.807) is 24.3 Å². The van der Waals surface area contributed by atoms with Gasteiger partial charge in [-0.3, -0.25) is 4.79 Å². The fraction of sp³-hybridized carbons (Fsp3) is 0.462. The monoisotopic (exact) mass is 283 g/mol. The van der Waals surface area contributed by atoms with Gasteiger partial charge >= 0.3 is 0 Å². The van der Waals surface area contributed by atoms with Gasteiger partial charge < -0.3 is 10.1 Å². The third kappa shape index (κ3) is 3.47. The van der Waals surface area contributed by atoms with Gasteiger partial charge in [0.15, 0.2) is 9.84 Å². The Morgan fingerprint density at radius 3 is 2.79 bits per heavy atom. The Kier molecular flexibility index (Phi) is 4.09. The molecule has 1 N–H and O–H groups in total. The van der Waals surface area contributed by atoms with Gasteiger partial charge in [0.2, 0.25) is 0 Å². The molecule has 19 heavy (non-hydrogen) atoms. The van der Waals surface area contributed by atoms with Gasteiger partial charge in [-0.15, -0.1) is 0 Å². The van der Waals surface area contributed by atoms with Crippen molar-refractivity contribution in [2.24, 2.45) is 5.92 Å². The van der Waals surface area contributed by atoms with Crippen molar-refractivity contribution >= 4 is 15.7 Å². The van der Waals surface area contributed by atoms with E-state index in [-0.39, 0.29) is 23.3 Å². The van der Waals surface area contributed by atoms with Crippen LogP contribution in [0, 0.1) is 5.92 Å². The number of carbonyl (C=O) groups excluding carboxylic acids is 1. The summed E-state index contributed by atoms with van der Waals surface area (Å²) in [5, 5.41) is 2.77. The summed E-state index contributed by atoms with van der Waals surface area (Å²) in [5.74, 6) is 0.686. The highest BCUT2D eigenvalue weighted by Crippen LogP contribution is 2.19. The van der Waals surface area contributed by atoms with Crippen LogP contribution in [-0.2, 0) is 9.84 Å². The molecular formula is C13H17NO4S. The maximum atomic E-state index is 12.0. The number of amides is 1. The second kappa shape index (κ2) is 5.61. The van der Waals surface area contributed by atoms with E-state index in [2.05, 4.69) is 5.32 Å². The van der Waals surface area contributed by atoms with Crippen LogP contribution in [0.25, 0.3) is 0 Å². The zero-order chi connectivity index (χ0) is 13.9. The molecule has 2 rings (SSSR count).